The zero-order chi connectivity index (χ0) is 15.3. The molecule has 1 aromatic heterocycles. The summed E-state index contributed by atoms with van der Waals surface area (Å²) in [4.78, 5) is 15.3. The Balaban J connectivity index is 1.98. The Hall–Kier alpha value is -2.79. The maximum absolute atomic E-state index is 12.2. The fraction of sp³-hybridized carbons (Fsp3) is 0.118. The van der Waals surface area contributed by atoms with E-state index in [-0.39, 0.29) is 24.3 Å². The van der Waals surface area contributed by atoms with Gasteiger partial charge >= 0.3 is 0 Å². The number of aromatic hydroxyl groups is 1. The van der Waals surface area contributed by atoms with Crippen molar-refractivity contribution in [2.24, 2.45) is 0 Å². The zero-order valence-corrected chi connectivity index (χ0v) is 11.6. The van der Waals surface area contributed by atoms with Crippen LogP contribution in [-0.2, 0) is 6.61 Å². The van der Waals surface area contributed by atoms with Gasteiger partial charge in [0.2, 0.25) is 0 Å². The summed E-state index contributed by atoms with van der Waals surface area (Å²) in [5, 5.41) is 23.3. The highest BCUT2D eigenvalue weighted by Crippen LogP contribution is 2.38. The van der Waals surface area contributed by atoms with Gasteiger partial charge in [0.1, 0.15) is 5.75 Å². The van der Waals surface area contributed by atoms with Crippen LogP contribution in [0.3, 0.4) is 0 Å². The lowest BCUT2D eigenvalue weighted by Crippen LogP contribution is -2.20. The zero-order valence-electron chi connectivity index (χ0n) is 11.6. The number of phenolic OH excluding ortho intramolecular Hbond substituents is 1. The Labute approximate surface area is 126 Å². The number of hydrogen-bond acceptors (Lipinski definition) is 3. The number of fused-ring (bicyclic) bond motifs is 2. The molecule has 5 nitrogen and oxygen atoms in total. The molecule has 0 unspecified atom stereocenters. The third-order valence-corrected chi connectivity index (χ3v) is 4.14. The predicted molar refractivity (Wildman–Crippen MR) is 81.6 cm³/mol. The molecule has 0 saturated heterocycles. The average Bonchev–Trinajstić information content (AvgIpc) is 3.04. The molecule has 1 aliphatic heterocycles. The number of carbonyl (C=O) groups excluding carboxylic acids is 1. The van der Waals surface area contributed by atoms with Gasteiger partial charge in [0.05, 0.1) is 12.6 Å². The van der Waals surface area contributed by atoms with Crippen molar-refractivity contribution in [1.82, 2.24) is 10.3 Å². The molecule has 0 radical (unpaired) electrons. The van der Waals surface area contributed by atoms with E-state index in [9.17, 15) is 15.0 Å². The number of aromatic amines is 1. The summed E-state index contributed by atoms with van der Waals surface area (Å²) in [6.45, 7) is -0.148. The van der Waals surface area contributed by atoms with Crippen LogP contribution in [0, 0.1) is 0 Å². The van der Waals surface area contributed by atoms with Crippen molar-refractivity contribution < 1.29 is 15.0 Å². The van der Waals surface area contributed by atoms with E-state index in [2.05, 4.69) is 10.3 Å². The number of carbonyl (C=O) groups is 1. The first kappa shape index (κ1) is 12.9. The summed E-state index contributed by atoms with van der Waals surface area (Å²) in [5.74, 6) is -0.0557. The van der Waals surface area contributed by atoms with E-state index in [4.69, 9.17) is 0 Å². The van der Waals surface area contributed by atoms with Gasteiger partial charge in [-0.05, 0) is 29.8 Å². The molecule has 0 saturated carbocycles. The van der Waals surface area contributed by atoms with Gasteiger partial charge < -0.3 is 20.5 Å². The fourth-order valence-corrected chi connectivity index (χ4v) is 3.18. The van der Waals surface area contributed by atoms with Crippen molar-refractivity contribution in [3.05, 3.63) is 64.8 Å². The molecular weight excluding hydrogens is 280 g/mol. The summed E-state index contributed by atoms with van der Waals surface area (Å²) in [6, 6.07) is 12.0. The second kappa shape index (κ2) is 4.61. The maximum atomic E-state index is 12.2. The number of amides is 1. The number of nitrogens with one attached hydrogen (secondary N) is 2. The van der Waals surface area contributed by atoms with Gasteiger partial charge in [-0.25, -0.2) is 0 Å². The molecule has 1 aliphatic rings. The molecule has 1 atom stereocenters. The highest BCUT2D eigenvalue weighted by atomic mass is 16.3. The van der Waals surface area contributed by atoms with Crippen molar-refractivity contribution in [3.8, 4) is 5.75 Å². The van der Waals surface area contributed by atoms with E-state index >= 15 is 0 Å². The van der Waals surface area contributed by atoms with Crippen molar-refractivity contribution in [2.75, 3.05) is 0 Å². The molecule has 0 bridgehead atoms. The summed E-state index contributed by atoms with van der Waals surface area (Å²) < 4.78 is 0. The molecule has 22 heavy (non-hydrogen) atoms. The van der Waals surface area contributed by atoms with E-state index in [0.29, 0.717) is 11.3 Å². The fourth-order valence-electron chi connectivity index (χ4n) is 3.18. The Kier molecular flexibility index (Phi) is 2.71. The summed E-state index contributed by atoms with van der Waals surface area (Å²) in [5.41, 5.74) is 3.70. The minimum atomic E-state index is -0.382. The highest BCUT2D eigenvalue weighted by Gasteiger charge is 2.33. The number of rotatable bonds is 2. The lowest BCUT2D eigenvalue weighted by Gasteiger charge is -2.13. The van der Waals surface area contributed by atoms with Crippen LogP contribution >= 0.6 is 0 Å². The van der Waals surface area contributed by atoms with Crippen molar-refractivity contribution >= 4 is 16.8 Å². The van der Waals surface area contributed by atoms with Crippen LogP contribution in [0.1, 0.15) is 33.2 Å². The Morgan fingerprint density at radius 1 is 1.14 bits per heavy atom. The first-order valence-electron chi connectivity index (χ1n) is 7.03. The van der Waals surface area contributed by atoms with Gasteiger partial charge in [-0.15, -0.1) is 0 Å². The van der Waals surface area contributed by atoms with E-state index in [1.807, 2.05) is 24.3 Å². The summed E-state index contributed by atoms with van der Waals surface area (Å²) in [6.07, 6.45) is 0. The molecular formula is C17H14N2O3. The van der Waals surface area contributed by atoms with Crippen LogP contribution in [-0.4, -0.2) is 21.1 Å². The molecule has 4 N–H and O–H groups in total. The van der Waals surface area contributed by atoms with Crippen LogP contribution in [0.15, 0.2) is 42.5 Å². The van der Waals surface area contributed by atoms with Gasteiger partial charge in [0.25, 0.3) is 5.91 Å². The standard InChI is InChI=1S/C17H14N2O3/c20-8-14-15(11-3-1-2-4-13(11)18-14)16-12-7-9(21)5-6-10(12)17(22)19-16/h1-7,16,18,20-21H,8H2,(H,19,22)/t16-/m1/s1. The topological polar surface area (TPSA) is 85.4 Å². The van der Waals surface area contributed by atoms with E-state index in [0.717, 1.165) is 22.0 Å². The number of hydrogen-bond donors (Lipinski definition) is 4. The molecule has 0 aliphatic carbocycles. The van der Waals surface area contributed by atoms with Gasteiger partial charge in [0, 0.05) is 27.7 Å². The molecule has 5 heteroatoms. The number of H-pyrrole nitrogens is 1. The second-order valence-electron chi connectivity index (χ2n) is 5.40. The monoisotopic (exact) mass is 294 g/mol. The molecule has 1 amide bonds. The Morgan fingerprint density at radius 3 is 2.77 bits per heavy atom. The van der Waals surface area contributed by atoms with Gasteiger partial charge in [-0.1, -0.05) is 18.2 Å². The van der Waals surface area contributed by atoms with Crippen molar-refractivity contribution in [2.45, 2.75) is 12.6 Å². The molecule has 2 aromatic carbocycles. The van der Waals surface area contributed by atoms with Crippen LogP contribution in [0.25, 0.3) is 10.9 Å². The summed E-state index contributed by atoms with van der Waals surface area (Å²) in [7, 11) is 0. The number of para-hydroxylation sites is 1. The number of aliphatic hydroxyl groups excluding tert-OH is 1. The Bertz CT molecular complexity index is 898. The Morgan fingerprint density at radius 2 is 1.95 bits per heavy atom. The minimum Gasteiger partial charge on any atom is -0.508 e. The van der Waals surface area contributed by atoms with Gasteiger partial charge in [-0.2, -0.15) is 0 Å². The maximum Gasteiger partial charge on any atom is 0.252 e. The van der Waals surface area contributed by atoms with Crippen molar-refractivity contribution in [1.29, 1.82) is 0 Å². The predicted octanol–water partition coefficient (Wildman–Crippen LogP) is 2.20. The number of benzene rings is 2. The summed E-state index contributed by atoms with van der Waals surface area (Å²) >= 11 is 0. The molecule has 2 heterocycles. The van der Waals surface area contributed by atoms with Crippen molar-refractivity contribution in [3.63, 3.8) is 0 Å². The van der Waals surface area contributed by atoms with E-state index in [1.165, 1.54) is 6.07 Å². The minimum absolute atomic E-state index is 0.116. The van der Waals surface area contributed by atoms with E-state index < -0.39 is 0 Å². The number of aliphatic hydroxyl groups is 1. The number of phenols is 1. The molecule has 110 valence electrons. The first-order chi connectivity index (χ1) is 10.7. The third-order valence-electron chi connectivity index (χ3n) is 4.14. The van der Waals surface area contributed by atoms with Crippen LogP contribution < -0.4 is 5.32 Å². The van der Waals surface area contributed by atoms with Crippen LogP contribution in [0.4, 0.5) is 0 Å². The quantitative estimate of drug-likeness (QED) is 0.584. The highest BCUT2D eigenvalue weighted by molar-refractivity contribution is 6.01. The SMILES string of the molecule is O=C1N[C@@H](c2c(CO)[nH]c3ccccc23)c2cc(O)ccc21. The molecule has 3 aromatic rings. The third kappa shape index (κ3) is 1.72. The molecule has 4 rings (SSSR count). The largest absolute Gasteiger partial charge is 0.508 e. The molecule has 0 spiro atoms. The lowest BCUT2D eigenvalue weighted by molar-refractivity contribution is 0.0960. The first-order valence-corrected chi connectivity index (χ1v) is 7.03. The normalized spacial score (nSPS) is 16.8. The second-order valence-corrected chi connectivity index (χ2v) is 5.40. The van der Waals surface area contributed by atoms with E-state index in [1.54, 1.807) is 12.1 Å². The van der Waals surface area contributed by atoms with Gasteiger partial charge in [-0.3, -0.25) is 4.79 Å². The van der Waals surface area contributed by atoms with Crippen LogP contribution in [0.5, 0.6) is 5.75 Å². The number of aromatic nitrogens is 1. The molecule has 0 fully saturated rings. The lowest BCUT2D eigenvalue weighted by atomic mass is 9.95. The van der Waals surface area contributed by atoms with Crippen LogP contribution in [0.2, 0.25) is 0 Å². The van der Waals surface area contributed by atoms with Gasteiger partial charge in [0.15, 0.2) is 0 Å². The smallest absolute Gasteiger partial charge is 0.252 e. The average molecular weight is 294 g/mol.